The number of ether oxygens (including phenoxy) is 2. The van der Waals surface area contributed by atoms with Crippen molar-refractivity contribution in [1.29, 1.82) is 0 Å². The van der Waals surface area contributed by atoms with Crippen molar-refractivity contribution in [2.75, 3.05) is 0 Å². The van der Waals surface area contributed by atoms with Crippen LogP contribution < -0.4 is 4.74 Å². The number of carbonyl (C=O) groups excluding carboxylic acids is 1. The van der Waals surface area contributed by atoms with E-state index in [1.165, 1.54) is 18.9 Å². The van der Waals surface area contributed by atoms with Gasteiger partial charge in [0.15, 0.2) is 0 Å². The highest BCUT2D eigenvalue weighted by Gasteiger charge is 2.30. The van der Waals surface area contributed by atoms with Crippen LogP contribution in [0.4, 0.5) is 0 Å². The standard InChI is InChI=1S/C17H24O3/c1-12(2)19-16-10-6-4-8-14(16)15-9-5-7-11-17(15)20-13(3)18/h4,6,8,10,12,15,17H,5,7,9,11H2,1-3H3. The zero-order valence-electron chi connectivity index (χ0n) is 12.6. The minimum Gasteiger partial charge on any atom is -0.491 e. The van der Waals surface area contributed by atoms with Crippen molar-refractivity contribution < 1.29 is 14.3 Å². The van der Waals surface area contributed by atoms with Gasteiger partial charge in [0.1, 0.15) is 11.9 Å². The second kappa shape index (κ2) is 6.78. The maximum absolute atomic E-state index is 11.3. The van der Waals surface area contributed by atoms with Gasteiger partial charge < -0.3 is 9.47 Å². The molecule has 0 saturated heterocycles. The van der Waals surface area contributed by atoms with Crippen molar-refractivity contribution >= 4 is 5.97 Å². The maximum Gasteiger partial charge on any atom is 0.302 e. The van der Waals surface area contributed by atoms with Gasteiger partial charge in [0.2, 0.25) is 0 Å². The Morgan fingerprint density at radius 1 is 1.20 bits per heavy atom. The summed E-state index contributed by atoms with van der Waals surface area (Å²) < 4.78 is 11.4. The Hall–Kier alpha value is -1.51. The Morgan fingerprint density at radius 2 is 1.90 bits per heavy atom. The Bertz CT molecular complexity index is 453. The summed E-state index contributed by atoms with van der Waals surface area (Å²) >= 11 is 0. The van der Waals surface area contributed by atoms with Gasteiger partial charge in [-0.15, -0.1) is 0 Å². The molecule has 0 radical (unpaired) electrons. The minimum absolute atomic E-state index is 0.0156. The number of benzene rings is 1. The summed E-state index contributed by atoms with van der Waals surface area (Å²) in [5.41, 5.74) is 1.17. The van der Waals surface area contributed by atoms with Crippen LogP contribution in [-0.2, 0) is 9.53 Å². The van der Waals surface area contributed by atoms with E-state index in [-0.39, 0.29) is 24.1 Å². The lowest BCUT2D eigenvalue weighted by molar-refractivity contribution is -0.148. The number of hydrogen-bond donors (Lipinski definition) is 0. The second-order valence-electron chi connectivity index (χ2n) is 5.74. The minimum atomic E-state index is -0.191. The molecule has 0 heterocycles. The van der Waals surface area contributed by atoms with E-state index in [0.29, 0.717) is 0 Å². The summed E-state index contributed by atoms with van der Waals surface area (Å²) in [4.78, 5) is 11.3. The first-order chi connectivity index (χ1) is 9.58. The van der Waals surface area contributed by atoms with Gasteiger partial charge in [0.05, 0.1) is 6.10 Å². The molecule has 1 aliphatic carbocycles. The van der Waals surface area contributed by atoms with Gasteiger partial charge in [-0.25, -0.2) is 0 Å². The highest BCUT2D eigenvalue weighted by Crippen LogP contribution is 2.39. The third kappa shape index (κ3) is 3.75. The van der Waals surface area contributed by atoms with Crippen LogP contribution in [0.5, 0.6) is 5.75 Å². The number of para-hydroxylation sites is 1. The molecular weight excluding hydrogens is 252 g/mol. The van der Waals surface area contributed by atoms with E-state index in [4.69, 9.17) is 9.47 Å². The lowest BCUT2D eigenvalue weighted by Crippen LogP contribution is -2.28. The molecule has 0 aromatic heterocycles. The molecule has 1 aliphatic rings. The first kappa shape index (κ1) is 14.9. The van der Waals surface area contributed by atoms with Gasteiger partial charge in [0, 0.05) is 18.4 Å². The van der Waals surface area contributed by atoms with Gasteiger partial charge in [-0.05, 0) is 39.2 Å². The van der Waals surface area contributed by atoms with Gasteiger partial charge in [0.25, 0.3) is 0 Å². The molecular formula is C17H24O3. The molecule has 0 bridgehead atoms. The summed E-state index contributed by atoms with van der Waals surface area (Å²) in [6, 6.07) is 8.13. The average molecular weight is 276 g/mol. The number of carbonyl (C=O) groups is 1. The molecule has 2 atom stereocenters. The molecule has 0 amide bonds. The van der Waals surface area contributed by atoms with Crippen LogP contribution in [0, 0.1) is 0 Å². The normalized spacial score (nSPS) is 22.6. The lowest BCUT2D eigenvalue weighted by Gasteiger charge is -2.32. The van der Waals surface area contributed by atoms with Crippen molar-refractivity contribution in [3.05, 3.63) is 29.8 Å². The predicted octanol–water partition coefficient (Wildman–Crippen LogP) is 4.06. The molecule has 2 rings (SSSR count). The van der Waals surface area contributed by atoms with E-state index >= 15 is 0 Å². The van der Waals surface area contributed by atoms with Gasteiger partial charge in [-0.2, -0.15) is 0 Å². The first-order valence-corrected chi connectivity index (χ1v) is 7.50. The first-order valence-electron chi connectivity index (χ1n) is 7.50. The van der Waals surface area contributed by atoms with Gasteiger partial charge >= 0.3 is 5.97 Å². The third-order valence-electron chi connectivity index (χ3n) is 3.70. The lowest BCUT2D eigenvalue weighted by atomic mass is 9.81. The molecule has 0 aliphatic heterocycles. The Labute approximate surface area is 121 Å². The SMILES string of the molecule is CC(=O)OC1CCCCC1c1ccccc1OC(C)C. The summed E-state index contributed by atoms with van der Waals surface area (Å²) in [5, 5.41) is 0. The fraction of sp³-hybridized carbons (Fsp3) is 0.588. The fourth-order valence-corrected chi connectivity index (χ4v) is 2.95. The molecule has 2 unspecified atom stereocenters. The predicted molar refractivity (Wildman–Crippen MR) is 79.0 cm³/mol. The Kier molecular flexibility index (Phi) is 5.05. The van der Waals surface area contributed by atoms with E-state index in [1.807, 2.05) is 32.0 Å². The average Bonchev–Trinajstić information content (AvgIpc) is 2.39. The molecule has 110 valence electrons. The van der Waals surface area contributed by atoms with E-state index in [0.717, 1.165) is 25.0 Å². The smallest absolute Gasteiger partial charge is 0.302 e. The second-order valence-corrected chi connectivity index (χ2v) is 5.74. The summed E-state index contributed by atoms with van der Waals surface area (Å²) in [6.07, 6.45) is 4.43. The van der Waals surface area contributed by atoms with Crippen molar-refractivity contribution in [3.63, 3.8) is 0 Å². The zero-order chi connectivity index (χ0) is 14.5. The molecule has 1 aromatic rings. The summed E-state index contributed by atoms with van der Waals surface area (Å²) in [5.74, 6) is 0.985. The largest absolute Gasteiger partial charge is 0.491 e. The van der Waals surface area contributed by atoms with Crippen LogP contribution in [0.25, 0.3) is 0 Å². The number of hydrogen-bond acceptors (Lipinski definition) is 3. The van der Waals surface area contributed by atoms with Crippen LogP contribution in [-0.4, -0.2) is 18.2 Å². The van der Waals surface area contributed by atoms with Crippen LogP contribution in [0.15, 0.2) is 24.3 Å². The van der Waals surface area contributed by atoms with Crippen molar-refractivity contribution in [3.8, 4) is 5.75 Å². The summed E-state index contributed by atoms with van der Waals surface area (Å²) in [7, 11) is 0. The molecule has 1 aromatic carbocycles. The molecule has 3 heteroatoms. The van der Waals surface area contributed by atoms with Crippen LogP contribution in [0.2, 0.25) is 0 Å². The highest BCUT2D eigenvalue weighted by molar-refractivity contribution is 5.66. The molecule has 1 saturated carbocycles. The van der Waals surface area contributed by atoms with Crippen LogP contribution >= 0.6 is 0 Å². The highest BCUT2D eigenvalue weighted by atomic mass is 16.5. The van der Waals surface area contributed by atoms with E-state index < -0.39 is 0 Å². The Balaban J connectivity index is 2.25. The topological polar surface area (TPSA) is 35.5 Å². The monoisotopic (exact) mass is 276 g/mol. The number of esters is 1. The van der Waals surface area contributed by atoms with E-state index in [9.17, 15) is 4.79 Å². The van der Waals surface area contributed by atoms with Crippen molar-refractivity contribution in [2.45, 2.75) is 64.6 Å². The quantitative estimate of drug-likeness (QED) is 0.778. The molecule has 20 heavy (non-hydrogen) atoms. The third-order valence-corrected chi connectivity index (χ3v) is 3.70. The zero-order valence-corrected chi connectivity index (χ0v) is 12.6. The van der Waals surface area contributed by atoms with E-state index in [2.05, 4.69) is 6.07 Å². The molecule has 3 nitrogen and oxygen atoms in total. The fourth-order valence-electron chi connectivity index (χ4n) is 2.95. The molecule has 0 spiro atoms. The number of rotatable bonds is 4. The van der Waals surface area contributed by atoms with Gasteiger partial charge in [-0.3, -0.25) is 4.79 Å². The van der Waals surface area contributed by atoms with E-state index in [1.54, 1.807) is 0 Å². The van der Waals surface area contributed by atoms with Crippen molar-refractivity contribution in [2.24, 2.45) is 0 Å². The van der Waals surface area contributed by atoms with Crippen molar-refractivity contribution in [1.82, 2.24) is 0 Å². The molecule has 1 fully saturated rings. The maximum atomic E-state index is 11.3. The van der Waals surface area contributed by atoms with Gasteiger partial charge in [-0.1, -0.05) is 24.6 Å². The Morgan fingerprint density at radius 3 is 2.60 bits per heavy atom. The van der Waals surface area contributed by atoms with Crippen LogP contribution in [0.3, 0.4) is 0 Å². The van der Waals surface area contributed by atoms with Crippen LogP contribution in [0.1, 0.15) is 57.9 Å². The summed E-state index contributed by atoms with van der Waals surface area (Å²) in [6.45, 7) is 5.55. The molecule has 0 N–H and O–H groups in total.